The van der Waals surface area contributed by atoms with Crippen molar-refractivity contribution in [2.45, 2.75) is 59.7 Å². The quantitative estimate of drug-likeness (QED) is 0.763. The Bertz CT molecular complexity index is 988. The first-order valence-corrected chi connectivity index (χ1v) is 10.5. The van der Waals surface area contributed by atoms with Gasteiger partial charge in [-0.1, -0.05) is 0 Å². The van der Waals surface area contributed by atoms with Crippen LogP contribution >= 0.6 is 11.3 Å². The molecule has 1 fully saturated rings. The second kappa shape index (κ2) is 8.14. The molecule has 1 amide bonds. The first-order valence-electron chi connectivity index (χ1n) is 9.68. The summed E-state index contributed by atoms with van der Waals surface area (Å²) in [6.07, 6.45) is 0.924. The Balaban J connectivity index is 1.62. The number of carbonyl (C=O) groups excluding carboxylic acids is 2. The molecule has 1 saturated heterocycles. The number of thiophene rings is 1. The molecule has 29 heavy (non-hydrogen) atoms. The zero-order valence-corrected chi connectivity index (χ0v) is 18.3. The number of fused-ring (bicyclic) bond motifs is 1. The van der Waals surface area contributed by atoms with Crippen molar-refractivity contribution < 1.29 is 19.1 Å². The van der Waals surface area contributed by atoms with E-state index in [1.807, 2.05) is 34.6 Å². The van der Waals surface area contributed by atoms with Crippen LogP contribution in [-0.2, 0) is 20.9 Å². The van der Waals surface area contributed by atoms with Gasteiger partial charge in [0.15, 0.2) is 0 Å². The van der Waals surface area contributed by atoms with Crippen LogP contribution in [-0.4, -0.2) is 45.6 Å². The zero-order valence-electron chi connectivity index (χ0n) is 17.5. The van der Waals surface area contributed by atoms with Crippen LogP contribution in [0.1, 0.15) is 49.9 Å². The number of rotatable bonds is 3. The Morgan fingerprint density at radius 3 is 2.72 bits per heavy atom. The predicted molar refractivity (Wildman–Crippen MR) is 110 cm³/mol. The highest BCUT2D eigenvalue weighted by Crippen LogP contribution is 2.26. The monoisotopic (exact) mass is 421 g/mol. The molecule has 1 atom stereocenters. The molecule has 2 aromatic rings. The van der Waals surface area contributed by atoms with Crippen molar-refractivity contribution in [3.8, 4) is 0 Å². The molecule has 0 aliphatic carbocycles. The molecule has 1 aliphatic rings. The van der Waals surface area contributed by atoms with Gasteiger partial charge in [-0.15, -0.1) is 11.3 Å². The van der Waals surface area contributed by atoms with Gasteiger partial charge >= 0.3 is 12.1 Å². The van der Waals surface area contributed by atoms with Crippen LogP contribution in [0.15, 0.2) is 4.79 Å². The minimum absolute atomic E-state index is 0.108. The van der Waals surface area contributed by atoms with E-state index in [1.165, 1.54) is 11.3 Å². The first kappa shape index (κ1) is 21.3. The molecule has 0 saturated carbocycles. The fourth-order valence-electron chi connectivity index (χ4n) is 3.29. The third-order valence-electron chi connectivity index (χ3n) is 4.85. The molecule has 9 heteroatoms. The molecule has 0 radical (unpaired) electrons. The van der Waals surface area contributed by atoms with Crippen LogP contribution in [0.2, 0.25) is 0 Å². The van der Waals surface area contributed by atoms with Crippen LogP contribution < -0.4 is 5.56 Å². The molecule has 3 heterocycles. The number of carbonyl (C=O) groups is 2. The number of H-pyrrole nitrogens is 1. The second-order valence-electron chi connectivity index (χ2n) is 8.35. The summed E-state index contributed by atoms with van der Waals surface area (Å²) in [6, 6.07) is 0. The highest BCUT2D eigenvalue weighted by Gasteiger charge is 2.32. The summed E-state index contributed by atoms with van der Waals surface area (Å²) < 4.78 is 10.8. The van der Waals surface area contributed by atoms with Crippen molar-refractivity contribution in [1.82, 2.24) is 14.9 Å². The number of hydrogen-bond donors (Lipinski definition) is 1. The number of hydrogen-bond acceptors (Lipinski definition) is 7. The van der Waals surface area contributed by atoms with Gasteiger partial charge in [-0.3, -0.25) is 9.59 Å². The lowest BCUT2D eigenvalue weighted by Gasteiger charge is -2.33. The van der Waals surface area contributed by atoms with Gasteiger partial charge < -0.3 is 19.4 Å². The number of ether oxygens (including phenoxy) is 2. The topological polar surface area (TPSA) is 102 Å². The standard InChI is InChI=1S/C20H27N3O5S/c1-11-12(2)29-17-15(11)16(24)21-14(22-17)10-27-18(25)13-7-6-8-23(9-13)19(26)28-20(3,4)5/h13H,6-10H2,1-5H3,(H,21,22,24)/t13-/m1/s1. The van der Waals surface area contributed by atoms with Crippen LogP contribution in [0.25, 0.3) is 10.2 Å². The van der Waals surface area contributed by atoms with E-state index in [9.17, 15) is 14.4 Å². The molecular weight excluding hydrogens is 394 g/mol. The zero-order chi connectivity index (χ0) is 21.3. The van der Waals surface area contributed by atoms with Gasteiger partial charge in [-0.05, 0) is 53.0 Å². The number of nitrogens with one attached hydrogen (secondary N) is 1. The third-order valence-corrected chi connectivity index (χ3v) is 5.95. The number of esters is 1. The molecule has 0 spiro atoms. The Kier molecular flexibility index (Phi) is 5.97. The molecular formula is C20H27N3O5S. The maximum Gasteiger partial charge on any atom is 0.410 e. The molecule has 8 nitrogen and oxygen atoms in total. The number of aryl methyl sites for hydroxylation is 2. The number of amides is 1. The number of piperidine rings is 1. The van der Waals surface area contributed by atoms with E-state index < -0.39 is 23.6 Å². The van der Waals surface area contributed by atoms with Gasteiger partial charge in [0.25, 0.3) is 5.56 Å². The molecule has 0 bridgehead atoms. The number of nitrogens with zero attached hydrogens (tertiary/aromatic N) is 2. The Morgan fingerprint density at radius 1 is 1.31 bits per heavy atom. The van der Waals surface area contributed by atoms with E-state index in [2.05, 4.69) is 9.97 Å². The highest BCUT2D eigenvalue weighted by molar-refractivity contribution is 7.18. The summed E-state index contributed by atoms with van der Waals surface area (Å²) in [6.45, 7) is 9.97. The van der Waals surface area contributed by atoms with E-state index in [1.54, 1.807) is 4.90 Å². The average Bonchev–Trinajstić information content (AvgIpc) is 2.92. The van der Waals surface area contributed by atoms with Gasteiger partial charge in [0, 0.05) is 18.0 Å². The lowest BCUT2D eigenvalue weighted by Crippen LogP contribution is -2.45. The van der Waals surface area contributed by atoms with Crippen molar-refractivity contribution >= 4 is 33.6 Å². The molecule has 3 rings (SSSR count). The van der Waals surface area contributed by atoms with Gasteiger partial charge in [0.1, 0.15) is 22.9 Å². The molecule has 0 aromatic carbocycles. The highest BCUT2D eigenvalue weighted by atomic mass is 32.1. The fourth-order valence-corrected chi connectivity index (χ4v) is 4.34. The van der Waals surface area contributed by atoms with E-state index in [0.29, 0.717) is 35.4 Å². The number of aromatic amines is 1. The number of aromatic nitrogens is 2. The number of likely N-dealkylation sites (tertiary alicyclic amines) is 1. The molecule has 2 aromatic heterocycles. The maximum absolute atomic E-state index is 12.5. The van der Waals surface area contributed by atoms with E-state index in [0.717, 1.165) is 10.4 Å². The maximum atomic E-state index is 12.5. The Morgan fingerprint density at radius 2 is 2.03 bits per heavy atom. The van der Waals surface area contributed by atoms with Crippen LogP contribution in [0, 0.1) is 19.8 Å². The normalized spacial score (nSPS) is 17.4. The molecule has 0 unspecified atom stereocenters. The first-order chi connectivity index (χ1) is 13.5. The Labute approximate surface area is 173 Å². The minimum atomic E-state index is -0.584. The molecule has 158 valence electrons. The lowest BCUT2D eigenvalue weighted by atomic mass is 9.98. The van der Waals surface area contributed by atoms with Crippen LogP contribution in [0.4, 0.5) is 4.79 Å². The molecule has 1 aliphatic heterocycles. The fraction of sp³-hybridized carbons (Fsp3) is 0.600. The largest absolute Gasteiger partial charge is 0.457 e. The SMILES string of the molecule is Cc1sc2nc(COC(=O)[C@@H]3CCCN(C(=O)OC(C)(C)C)C3)[nH]c(=O)c2c1C. The van der Waals surface area contributed by atoms with Crippen molar-refractivity contribution in [3.05, 3.63) is 26.6 Å². The summed E-state index contributed by atoms with van der Waals surface area (Å²) in [5.41, 5.74) is 0.113. The molecule has 1 N–H and O–H groups in total. The van der Waals surface area contributed by atoms with Gasteiger partial charge in [-0.2, -0.15) is 0 Å². The van der Waals surface area contributed by atoms with Gasteiger partial charge in [-0.25, -0.2) is 9.78 Å². The van der Waals surface area contributed by atoms with Crippen molar-refractivity contribution in [3.63, 3.8) is 0 Å². The van der Waals surface area contributed by atoms with Crippen molar-refractivity contribution in [2.75, 3.05) is 13.1 Å². The Hall–Kier alpha value is -2.42. The summed E-state index contributed by atoms with van der Waals surface area (Å²) in [5, 5.41) is 0.586. The predicted octanol–water partition coefficient (Wildman–Crippen LogP) is 3.29. The summed E-state index contributed by atoms with van der Waals surface area (Å²) in [5.74, 6) is -0.505. The lowest BCUT2D eigenvalue weighted by molar-refractivity contribution is -0.151. The third kappa shape index (κ3) is 4.95. The van der Waals surface area contributed by atoms with Gasteiger partial charge in [0.05, 0.1) is 11.3 Å². The van der Waals surface area contributed by atoms with Crippen LogP contribution in [0.5, 0.6) is 0 Å². The van der Waals surface area contributed by atoms with E-state index in [-0.39, 0.29) is 18.7 Å². The summed E-state index contributed by atoms with van der Waals surface area (Å²) in [4.78, 5) is 47.4. The summed E-state index contributed by atoms with van der Waals surface area (Å²) >= 11 is 1.45. The summed E-state index contributed by atoms with van der Waals surface area (Å²) in [7, 11) is 0. The smallest absolute Gasteiger partial charge is 0.410 e. The van der Waals surface area contributed by atoms with Crippen molar-refractivity contribution in [1.29, 1.82) is 0 Å². The van der Waals surface area contributed by atoms with E-state index >= 15 is 0 Å². The van der Waals surface area contributed by atoms with Gasteiger partial charge in [0.2, 0.25) is 0 Å². The van der Waals surface area contributed by atoms with Crippen molar-refractivity contribution in [2.24, 2.45) is 5.92 Å². The second-order valence-corrected chi connectivity index (χ2v) is 9.55. The van der Waals surface area contributed by atoms with Crippen LogP contribution in [0.3, 0.4) is 0 Å². The van der Waals surface area contributed by atoms with E-state index in [4.69, 9.17) is 9.47 Å². The average molecular weight is 422 g/mol. The minimum Gasteiger partial charge on any atom is -0.457 e.